The minimum Gasteiger partial charge on any atom is -0.428 e. The van der Waals surface area contributed by atoms with Gasteiger partial charge in [0.15, 0.2) is 5.01 Å². The fourth-order valence-corrected chi connectivity index (χ4v) is 5.80. The Hall–Kier alpha value is -3.51. The Kier molecular flexibility index (Phi) is 10.2. The number of carbonyl (C=O) groups is 3. The number of rotatable bonds is 5. The number of likely N-dealkylation sites (N-methyl/N-ethyl adjacent to an activating group) is 1. The van der Waals surface area contributed by atoms with E-state index in [2.05, 4.69) is 41.0 Å². The van der Waals surface area contributed by atoms with Crippen LogP contribution < -0.4 is 16.0 Å². The van der Waals surface area contributed by atoms with Gasteiger partial charge in [0, 0.05) is 42.5 Å². The Morgan fingerprint density at radius 1 is 1.17 bits per heavy atom. The molecular weight excluding hydrogens is 612 g/mol. The number of thiazole rings is 1. The lowest BCUT2D eigenvalue weighted by Gasteiger charge is -2.35. The third kappa shape index (κ3) is 8.99. The highest BCUT2D eigenvalue weighted by Crippen LogP contribution is 2.33. The van der Waals surface area contributed by atoms with E-state index in [1.807, 2.05) is 7.05 Å². The van der Waals surface area contributed by atoms with Crippen LogP contribution in [0.15, 0.2) is 29.1 Å². The molecule has 2 aliphatic rings. The maximum Gasteiger partial charge on any atom is 0.314 e. The number of halogens is 1. The molecule has 4 heterocycles. The van der Waals surface area contributed by atoms with Crippen LogP contribution in [0.1, 0.15) is 51.4 Å². The van der Waals surface area contributed by atoms with Gasteiger partial charge in [-0.15, -0.1) is 21.5 Å². The summed E-state index contributed by atoms with van der Waals surface area (Å²) >= 11 is 7.20. The zero-order valence-electron chi connectivity index (χ0n) is 22.6. The molecule has 0 radical (unpaired) electrons. The molecule has 0 bridgehead atoms. The lowest BCUT2D eigenvalue weighted by molar-refractivity contribution is -0.136. The van der Waals surface area contributed by atoms with E-state index in [9.17, 15) is 22.8 Å². The van der Waals surface area contributed by atoms with Crippen molar-refractivity contribution < 1.29 is 31.8 Å². The summed E-state index contributed by atoms with van der Waals surface area (Å²) < 4.78 is 31.3. The summed E-state index contributed by atoms with van der Waals surface area (Å²) in [5, 5.41) is 16.8. The van der Waals surface area contributed by atoms with Gasteiger partial charge in [-0.3, -0.25) is 18.9 Å². The second-order valence-corrected chi connectivity index (χ2v) is 12.9. The summed E-state index contributed by atoms with van der Waals surface area (Å²) in [4.78, 5) is 50.2. The van der Waals surface area contributed by atoms with E-state index in [1.165, 1.54) is 30.0 Å². The largest absolute Gasteiger partial charge is 0.428 e. The van der Waals surface area contributed by atoms with Crippen molar-refractivity contribution in [3.63, 3.8) is 0 Å². The van der Waals surface area contributed by atoms with E-state index in [-0.39, 0.29) is 17.6 Å². The predicted octanol–water partition coefficient (Wildman–Crippen LogP) is 1.26. The smallest absolute Gasteiger partial charge is 0.314 e. The second-order valence-electron chi connectivity index (χ2n) is 9.87. The topological polar surface area (TPSA) is 210 Å². The van der Waals surface area contributed by atoms with Gasteiger partial charge in [0.25, 0.3) is 16.0 Å². The molecule has 1 aliphatic heterocycles. The van der Waals surface area contributed by atoms with E-state index in [0.717, 1.165) is 30.1 Å². The lowest BCUT2D eigenvalue weighted by Crippen LogP contribution is -2.56. The molecule has 1 fully saturated rings. The third-order valence-corrected chi connectivity index (χ3v) is 7.81. The van der Waals surface area contributed by atoms with E-state index in [4.69, 9.17) is 20.6 Å². The van der Waals surface area contributed by atoms with Crippen molar-refractivity contribution in [1.29, 1.82) is 0 Å². The highest BCUT2D eigenvalue weighted by molar-refractivity contribution is 7.85. The summed E-state index contributed by atoms with van der Waals surface area (Å²) in [6, 6.07) is 2.09. The molecule has 0 aromatic carbocycles. The number of hydrogen-bond donors (Lipinski definition) is 4. The Labute approximate surface area is 250 Å². The molecule has 5 rings (SSSR count). The average Bonchev–Trinajstić information content (AvgIpc) is 3.60. The number of pyridine rings is 1. The van der Waals surface area contributed by atoms with Gasteiger partial charge in [0.2, 0.25) is 12.3 Å². The highest BCUT2D eigenvalue weighted by atomic mass is 35.5. The standard InChI is InChI=1S/C23H25ClN8O4S.CH4O3S/c1-32-7-6-15-17(10-32)37-23(29-15)21(35)28-16-8-12(22-31-26-11-36-22)2-4-14(16)27-19(33)20(34)30-18-5-3-13(24)9-25-18;1-5(2,3)4/h3,5,9,11-12,14,16H,2,4,6-8,10H2,1H3,(H,27,33)(H,28,35)(H,25,30,34);1H3,(H,2,3,4)/t12-,14-,16+;/m0./s1. The van der Waals surface area contributed by atoms with Crippen molar-refractivity contribution in [1.82, 2.24) is 35.7 Å². The van der Waals surface area contributed by atoms with Crippen LogP contribution in [0.25, 0.3) is 0 Å². The van der Waals surface area contributed by atoms with Crippen molar-refractivity contribution >= 4 is 56.6 Å². The van der Waals surface area contributed by atoms with Crippen LogP contribution in [0.2, 0.25) is 5.02 Å². The zero-order valence-corrected chi connectivity index (χ0v) is 25.0. The molecule has 3 aromatic rings. The minimum atomic E-state index is -3.67. The molecule has 3 atom stereocenters. The van der Waals surface area contributed by atoms with Gasteiger partial charge in [-0.1, -0.05) is 11.6 Å². The molecule has 0 unspecified atom stereocenters. The maximum absolute atomic E-state index is 13.2. The second kappa shape index (κ2) is 13.6. The third-order valence-electron chi connectivity index (χ3n) is 6.50. The monoisotopic (exact) mass is 640 g/mol. The van der Waals surface area contributed by atoms with Crippen molar-refractivity contribution in [3.8, 4) is 0 Å². The number of nitrogens with one attached hydrogen (secondary N) is 3. The molecule has 4 N–H and O–H groups in total. The number of amides is 3. The summed E-state index contributed by atoms with van der Waals surface area (Å²) in [6.07, 6.45) is 5.73. The van der Waals surface area contributed by atoms with Crippen LogP contribution in [0.4, 0.5) is 5.82 Å². The molecule has 3 amide bonds. The van der Waals surface area contributed by atoms with Crippen LogP contribution in [-0.2, 0) is 32.7 Å². The van der Waals surface area contributed by atoms with Gasteiger partial charge in [0.1, 0.15) is 5.82 Å². The number of anilines is 1. The molecule has 18 heteroatoms. The van der Waals surface area contributed by atoms with Crippen LogP contribution in [0.5, 0.6) is 0 Å². The number of hydrogen-bond acceptors (Lipinski definition) is 12. The molecule has 0 saturated heterocycles. The van der Waals surface area contributed by atoms with Crippen LogP contribution >= 0.6 is 22.9 Å². The zero-order chi connectivity index (χ0) is 30.4. The molecule has 0 spiro atoms. The van der Waals surface area contributed by atoms with Crippen LogP contribution in [0, 0.1) is 0 Å². The molecule has 1 aliphatic carbocycles. The Morgan fingerprint density at radius 3 is 2.60 bits per heavy atom. The fourth-order valence-electron chi connectivity index (χ4n) is 4.59. The first-order valence-electron chi connectivity index (χ1n) is 12.8. The number of aromatic nitrogens is 4. The van der Waals surface area contributed by atoms with Gasteiger partial charge >= 0.3 is 11.8 Å². The van der Waals surface area contributed by atoms with Gasteiger partial charge in [-0.2, -0.15) is 8.42 Å². The van der Waals surface area contributed by atoms with Gasteiger partial charge in [0.05, 0.1) is 23.0 Å². The van der Waals surface area contributed by atoms with E-state index in [0.29, 0.717) is 41.4 Å². The van der Waals surface area contributed by atoms with Gasteiger partial charge in [-0.25, -0.2) is 9.97 Å². The van der Waals surface area contributed by atoms with Crippen molar-refractivity contribution in [2.45, 2.75) is 50.2 Å². The van der Waals surface area contributed by atoms with Gasteiger partial charge < -0.3 is 25.3 Å². The predicted molar refractivity (Wildman–Crippen MR) is 152 cm³/mol. The molecule has 15 nitrogen and oxygen atoms in total. The summed E-state index contributed by atoms with van der Waals surface area (Å²) in [6.45, 7) is 1.66. The quantitative estimate of drug-likeness (QED) is 0.229. The summed E-state index contributed by atoms with van der Waals surface area (Å²) in [5.74, 6) is -1.42. The number of carbonyl (C=O) groups excluding carboxylic acids is 3. The first-order chi connectivity index (χ1) is 19.9. The maximum atomic E-state index is 13.2. The SMILES string of the molecule is CN1CCc2nc(C(=O)N[C@@H]3C[C@@H](c4nnco4)CC[C@@H]3NC(=O)C(=O)Nc3ccc(Cl)cn3)sc2C1.CS(=O)(=O)O. The molecule has 1 saturated carbocycles. The summed E-state index contributed by atoms with van der Waals surface area (Å²) in [7, 11) is -1.63. The molecule has 3 aromatic heterocycles. The summed E-state index contributed by atoms with van der Waals surface area (Å²) in [5.41, 5.74) is 0.956. The van der Waals surface area contributed by atoms with E-state index >= 15 is 0 Å². The average molecular weight is 641 g/mol. The van der Waals surface area contributed by atoms with Gasteiger partial charge in [-0.05, 0) is 38.4 Å². The highest BCUT2D eigenvalue weighted by Gasteiger charge is 2.37. The Bertz CT molecular complexity index is 1510. The first-order valence-corrected chi connectivity index (χ1v) is 15.8. The van der Waals surface area contributed by atoms with Crippen molar-refractivity contribution in [2.24, 2.45) is 0 Å². The van der Waals surface area contributed by atoms with E-state index in [1.54, 1.807) is 6.07 Å². The van der Waals surface area contributed by atoms with E-state index < -0.39 is 34.0 Å². The fraction of sp³-hybridized carbons (Fsp3) is 0.458. The number of fused-ring (bicyclic) bond motifs is 1. The van der Waals surface area contributed by atoms with Crippen LogP contribution in [0.3, 0.4) is 0 Å². The molecular formula is C24H29ClN8O7S2. The van der Waals surface area contributed by atoms with Crippen molar-refractivity contribution in [2.75, 3.05) is 25.2 Å². The Morgan fingerprint density at radius 2 is 1.93 bits per heavy atom. The molecule has 226 valence electrons. The van der Waals surface area contributed by atoms with Crippen molar-refractivity contribution in [3.05, 3.63) is 51.2 Å². The number of nitrogens with zero attached hydrogens (tertiary/aromatic N) is 5. The minimum absolute atomic E-state index is 0.0915. The lowest BCUT2D eigenvalue weighted by atomic mass is 9.82. The first kappa shape index (κ1) is 31.4. The molecule has 42 heavy (non-hydrogen) atoms. The van der Waals surface area contributed by atoms with Crippen LogP contribution in [-0.4, -0.2) is 87.7 Å². The Balaban J connectivity index is 0.000000748. The normalized spacial score (nSPS) is 20.4.